The van der Waals surface area contributed by atoms with Gasteiger partial charge in [-0.05, 0) is 30.5 Å². The van der Waals surface area contributed by atoms with Crippen LogP contribution in [0.25, 0.3) is 17.2 Å². The van der Waals surface area contributed by atoms with E-state index in [0.717, 1.165) is 0 Å². The van der Waals surface area contributed by atoms with E-state index >= 15 is 0 Å². The van der Waals surface area contributed by atoms with Crippen LogP contribution in [0.1, 0.15) is 30.9 Å². The maximum Gasteiger partial charge on any atom is 0.248 e. The number of hydrogen-bond acceptors (Lipinski definition) is 7. The molecule has 0 spiro atoms. The van der Waals surface area contributed by atoms with Crippen molar-refractivity contribution in [3.8, 4) is 11.5 Å². The molecule has 1 aliphatic heterocycles. The Kier molecular flexibility index (Phi) is 4.91. The van der Waals surface area contributed by atoms with E-state index in [9.17, 15) is 13.6 Å². The van der Waals surface area contributed by atoms with Crippen LogP contribution in [-0.4, -0.2) is 42.7 Å². The zero-order chi connectivity index (χ0) is 25.2. The zero-order valence-electron chi connectivity index (χ0n) is 19.1. The SMILES string of the molecule is CC1(c2ccc(Cl)cc2)C(=O)Nc2nc(-c3cn4ccnc4c(NCC4CC(F)(F)C4)n3)nc(N)c21. The van der Waals surface area contributed by atoms with E-state index in [1.165, 1.54) is 0 Å². The van der Waals surface area contributed by atoms with Gasteiger partial charge in [0, 0.05) is 43.0 Å². The number of halogens is 3. The van der Waals surface area contributed by atoms with Crippen molar-refractivity contribution < 1.29 is 13.6 Å². The molecule has 4 N–H and O–H groups in total. The minimum atomic E-state index is -2.59. The number of carbonyl (C=O) groups is 1. The number of benzene rings is 1. The Hall–Kier alpha value is -3.86. The van der Waals surface area contributed by atoms with Crippen molar-refractivity contribution >= 4 is 40.6 Å². The van der Waals surface area contributed by atoms with Crippen LogP contribution in [0.2, 0.25) is 5.02 Å². The summed E-state index contributed by atoms with van der Waals surface area (Å²) < 4.78 is 28.2. The highest BCUT2D eigenvalue weighted by Crippen LogP contribution is 2.45. The Morgan fingerprint density at radius 2 is 1.97 bits per heavy atom. The van der Waals surface area contributed by atoms with E-state index in [0.29, 0.717) is 45.7 Å². The summed E-state index contributed by atoms with van der Waals surface area (Å²) in [6, 6.07) is 6.97. The van der Waals surface area contributed by atoms with Crippen LogP contribution in [-0.2, 0) is 10.2 Å². The number of nitrogens with zero attached hydrogens (tertiary/aromatic N) is 5. The summed E-state index contributed by atoms with van der Waals surface area (Å²) in [6.45, 7) is 2.11. The molecule has 184 valence electrons. The number of imidazole rings is 1. The average Bonchev–Trinajstić information content (AvgIpc) is 3.39. The normalized spacial score (nSPS) is 20.7. The van der Waals surface area contributed by atoms with Gasteiger partial charge in [0.05, 0.1) is 5.56 Å². The molecule has 0 radical (unpaired) electrons. The zero-order valence-corrected chi connectivity index (χ0v) is 19.9. The number of fused-ring (bicyclic) bond motifs is 2. The molecule has 0 saturated heterocycles. The molecule has 3 aromatic heterocycles. The fourth-order valence-corrected chi connectivity index (χ4v) is 5.04. The van der Waals surface area contributed by atoms with Crippen molar-refractivity contribution in [1.29, 1.82) is 0 Å². The van der Waals surface area contributed by atoms with E-state index in [1.807, 2.05) is 0 Å². The van der Waals surface area contributed by atoms with Gasteiger partial charge in [-0.25, -0.2) is 28.7 Å². The fraction of sp³-hybridized carbons (Fsp3) is 0.292. The maximum absolute atomic E-state index is 13.2. The van der Waals surface area contributed by atoms with Gasteiger partial charge in [-0.3, -0.25) is 4.79 Å². The van der Waals surface area contributed by atoms with Gasteiger partial charge >= 0.3 is 0 Å². The van der Waals surface area contributed by atoms with Crippen LogP contribution in [0, 0.1) is 5.92 Å². The number of nitrogens with two attached hydrogens (primary N) is 1. The third-order valence-electron chi connectivity index (χ3n) is 6.88. The largest absolute Gasteiger partial charge is 0.383 e. The second kappa shape index (κ2) is 7.82. The Labute approximate surface area is 209 Å². The van der Waals surface area contributed by atoms with Crippen LogP contribution >= 0.6 is 11.6 Å². The van der Waals surface area contributed by atoms with Crippen LogP contribution in [0.4, 0.5) is 26.2 Å². The number of hydrogen-bond donors (Lipinski definition) is 3. The van der Waals surface area contributed by atoms with Crippen molar-refractivity contribution in [2.45, 2.75) is 31.1 Å². The number of aromatic nitrogens is 5. The lowest BCUT2D eigenvalue weighted by molar-refractivity contribution is -0.119. The number of amides is 1. The van der Waals surface area contributed by atoms with Gasteiger partial charge in [0.25, 0.3) is 0 Å². The number of anilines is 3. The molecule has 36 heavy (non-hydrogen) atoms. The Morgan fingerprint density at radius 3 is 2.69 bits per heavy atom. The van der Waals surface area contributed by atoms with E-state index in [2.05, 4.69) is 30.6 Å². The molecule has 1 aliphatic carbocycles. The summed E-state index contributed by atoms with van der Waals surface area (Å²) in [7, 11) is 0. The molecule has 1 amide bonds. The molecule has 12 heteroatoms. The van der Waals surface area contributed by atoms with Crippen molar-refractivity contribution in [3.63, 3.8) is 0 Å². The van der Waals surface area contributed by atoms with Crippen molar-refractivity contribution in [2.24, 2.45) is 5.92 Å². The van der Waals surface area contributed by atoms with E-state index in [4.69, 9.17) is 17.3 Å². The smallest absolute Gasteiger partial charge is 0.248 e. The van der Waals surface area contributed by atoms with E-state index < -0.39 is 11.3 Å². The fourth-order valence-electron chi connectivity index (χ4n) is 4.91. The molecule has 1 fully saturated rings. The molecule has 1 saturated carbocycles. The third kappa shape index (κ3) is 3.53. The lowest BCUT2D eigenvalue weighted by atomic mass is 9.78. The summed E-state index contributed by atoms with van der Waals surface area (Å²) in [4.78, 5) is 31.1. The number of carbonyl (C=O) groups excluding carboxylic acids is 1. The minimum absolute atomic E-state index is 0.143. The molecule has 6 rings (SSSR count). The highest BCUT2D eigenvalue weighted by atomic mass is 35.5. The molecule has 4 aromatic rings. The van der Waals surface area contributed by atoms with Crippen molar-refractivity contribution in [1.82, 2.24) is 24.3 Å². The predicted octanol–water partition coefficient (Wildman–Crippen LogP) is 4.14. The monoisotopic (exact) mass is 510 g/mol. The number of rotatable bonds is 5. The Balaban J connectivity index is 1.37. The van der Waals surface area contributed by atoms with Crippen LogP contribution < -0.4 is 16.4 Å². The second-order valence-corrected chi connectivity index (χ2v) is 9.82. The molecule has 1 aromatic carbocycles. The molecule has 9 nitrogen and oxygen atoms in total. The average molecular weight is 511 g/mol. The third-order valence-corrected chi connectivity index (χ3v) is 7.13. The Morgan fingerprint density at radius 1 is 1.22 bits per heavy atom. The first-order valence-corrected chi connectivity index (χ1v) is 11.7. The van der Waals surface area contributed by atoms with Gasteiger partial charge in [-0.15, -0.1) is 0 Å². The summed E-state index contributed by atoms with van der Waals surface area (Å²) in [5.74, 6) is -1.94. The van der Waals surface area contributed by atoms with Gasteiger partial charge < -0.3 is 20.8 Å². The van der Waals surface area contributed by atoms with Gasteiger partial charge in [0.2, 0.25) is 11.8 Å². The van der Waals surface area contributed by atoms with E-state index in [-0.39, 0.29) is 36.3 Å². The number of nitrogen functional groups attached to an aromatic ring is 1. The van der Waals surface area contributed by atoms with Crippen molar-refractivity contribution in [3.05, 3.63) is 59.0 Å². The highest BCUT2D eigenvalue weighted by molar-refractivity contribution is 6.30. The highest BCUT2D eigenvalue weighted by Gasteiger charge is 2.48. The summed E-state index contributed by atoms with van der Waals surface area (Å²) in [5, 5.41) is 6.52. The lowest BCUT2D eigenvalue weighted by Crippen LogP contribution is -2.39. The minimum Gasteiger partial charge on any atom is -0.383 e. The standard InChI is InChI=1S/C24H21ClF2N8O/c1-23(13-2-4-14(25)5-3-13)16-17(28)32-18(33-19(16)34-22(23)36)15-11-35-7-6-29-21(35)20(31-15)30-10-12-8-24(26,27)9-12/h2-7,11-12H,8-10H2,1H3,(H,30,31)(H3,28,32,33,34,36). The first kappa shape index (κ1) is 22.6. The van der Waals surface area contributed by atoms with Crippen LogP contribution in [0.5, 0.6) is 0 Å². The molecule has 1 unspecified atom stereocenters. The molecule has 0 bridgehead atoms. The maximum atomic E-state index is 13.2. The van der Waals surface area contributed by atoms with Gasteiger partial charge in [-0.1, -0.05) is 23.7 Å². The number of nitrogens with one attached hydrogen (secondary N) is 2. The number of alkyl halides is 2. The first-order chi connectivity index (χ1) is 17.1. The second-order valence-electron chi connectivity index (χ2n) is 9.39. The van der Waals surface area contributed by atoms with Crippen molar-refractivity contribution in [2.75, 3.05) is 22.9 Å². The summed E-state index contributed by atoms with van der Waals surface area (Å²) in [5.41, 5.74) is 7.41. The summed E-state index contributed by atoms with van der Waals surface area (Å²) in [6.07, 6.45) is 4.74. The van der Waals surface area contributed by atoms with Gasteiger partial charge in [0.1, 0.15) is 22.7 Å². The quantitative estimate of drug-likeness (QED) is 0.368. The Bertz CT molecular complexity index is 1510. The van der Waals surface area contributed by atoms with Gasteiger partial charge in [0.15, 0.2) is 17.3 Å². The molecule has 1 atom stereocenters. The first-order valence-electron chi connectivity index (χ1n) is 11.4. The van der Waals surface area contributed by atoms with Crippen LogP contribution in [0.3, 0.4) is 0 Å². The van der Waals surface area contributed by atoms with Gasteiger partial charge in [-0.2, -0.15) is 0 Å². The molecular weight excluding hydrogens is 490 g/mol. The lowest BCUT2D eigenvalue weighted by Gasteiger charge is -2.35. The molecule has 2 aliphatic rings. The van der Waals surface area contributed by atoms with Crippen LogP contribution in [0.15, 0.2) is 42.9 Å². The topological polar surface area (TPSA) is 123 Å². The molecule has 4 heterocycles. The predicted molar refractivity (Wildman–Crippen MR) is 131 cm³/mol. The van der Waals surface area contributed by atoms with E-state index in [1.54, 1.807) is 54.2 Å². The summed E-state index contributed by atoms with van der Waals surface area (Å²) >= 11 is 6.03. The molecular formula is C24H21ClF2N8O.